The number of methoxy groups -OCH3 is 1. The molecule has 1 rings (SSSR count). The normalized spacial score (nSPS) is 14.0. The fourth-order valence-corrected chi connectivity index (χ4v) is 1.67. The van der Waals surface area contributed by atoms with Crippen molar-refractivity contribution in [3.05, 3.63) is 35.4 Å². The summed E-state index contributed by atoms with van der Waals surface area (Å²) in [6, 6.07) is 6.92. The molecule has 0 saturated heterocycles. The van der Waals surface area contributed by atoms with E-state index in [0.717, 1.165) is 5.56 Å². The molecule has 2 unspecified atom stereocenters. The summed E-state index contributed by atoms with van der Waals surface area (Å²) in [5.74, 6) is -0.336. The zero-order valence-electron chi connectivity index (χ0n) is 10.6. The topological polar surface area (TPSA) is 78.8 Å². The summed E-state index contributed by atoms with van der Waals surface area (Å²) in [6.45, 7) is 0.294. The second-order valence-corrected chi connectivity index (χ2v) is 4.07. The van der Waals surface area contributed by atoms with Crippen LogP contribution in [0, 0.1) is 0 Å². The number of esters is 1. The molecule has 0 aliphatic carbocycles. The minimum atomic E-state index is -0.977. The van der Waals surface area contributed by atoms with Gasteiger partial charge in [0, 0.05) is 6.54 Å². The van der Waals surface area contributed by atoms with E-state index in [0.29, 0.717) is 12.1 Å². The van der Waals surface area contributed by atoms with Gasteiger partial charge < -0.3 is 20.3 Å². The molecule has 0 amide bonds. The Morgan fingerprint density at radius 3 is 2.78 bits per heavy atom. The third kappa shape index (κ3) is 4.10. The first kappa shape index (κ1) is 14.6. The number of likely N-dealkylation sites (N-methyl/N-ethyl adjacent to an activating group) is 1. The van der Waals surface area contributed by atoms with Gasteiger partial charge in [-0.15, -0.1) is 0 Å². The van der Waals surface area contributed by atoms with Crippen LogP contribution in [0.25, 0.3) is 0 Å². The Bertz CT molecular complexity index is 394. The number of hydrogen-bond donors (Lipinski definition) is 3. The molecule has 0 bridgehead atoms. The van der Waals surface area contributed by atoms with Gasteiger partial charge in [0.2, 0.25) is 0 Å². The number of rotatable bonds is 6. The van der Waals surface area contributed by atoms with E-state index in [2.05, 4.69) is 10.1 Å². The average molecular weight is 253 g/mol. The maximum atomic E-state index is 11.2. The van der Waals surface area contributed by atoms with E-state index in [-0.39, 0.29) is 12.4 Å². The van der Waals surface area contributed by atoms with E-state index in [1.165, 1.54) is 7.11 Å². The number of nitrogens with one attached hydrogen (secondary N) is 1. The highest BCUT2D eigenvalue weighted by Gasteiger charge is 2.18. The molecule has 0 radical (unpaired) electrons. The molecule has 5 nitrogen and oxygen atoms in total. The monoisotopic (exact) mass is 253 g/mol. The standard InChI is InChI=1S/C13H19NO4/c1-14-8-11(15)13(17)10-5-3-4-9(6-10)7-12(16)18-2/h3-6,11,13-15,17H,7-8H2,1-2H3. The number of carbonyl (C=O) groups is 1. The Morgan fingerprint density at radius 1 is 1.44 bits per heavy atom. The molecular weight excluding hydrogens is 234 g/mol. The van der Waals surface area contributed by atoms with E-state index < -0.39 is 12.2 Å². The van der Waals surface area contributed by atoms with Crippen LogP contribution in [0.2, 0.25) is 0 Å². The molecule has 0 aliphatic heterocycles. The molecule has 0 spiro atoms. The first-order valence-electron chi connectivity index (χ1n) is 5.75. The number of aliphatic hydroxyl groups is 2. The van der Waals surface area contributed by atoms with Crippen molar-refractivity contribution in [1.82, 2.24) is 5.32 Å². The minimum absolute atomic E-state index is 0.152. The molecule has 2 atom stereocenters. The highest BCUT2D eigenvalue weighted by Crippen LogP contribution is 2.18. The molecule has 0 aliphatic rings. The molecule has 5 heteroatoms. The second kappa shape index (κ2) is 7.10. The number of hydrogen-bond acceptors (Lipinski definition) is 5. The van der Waals surface area contributed by atoms with E-state index in [1.54, 1.807) is 31.3 Å². The Balaban J connectivity index is 2.77. The van der Waals surface area contributed by atoms with Crippen LogP contribution in [0.5, 0.6) is 0 Å². The largest absolute Gasteiger partial charge is 0.469 e. The zero-order valence-corrected chi connectivity index (χ0v) is 10.6. The molecule has 18 heavy (non-hydrogen) atoms. The molecule has 0 aromatic heterocycles. The maximum absolute atomic E-state index is 11.2. The third-order valence-electron chi connectivity index (χ3n) is 2.65. The summed E-state index contributed by atoms with van der Waals surface area (Å²) < 4.78 is 4.58. The Labute approximate surface area is 106 Å². The van der Waals surface area contributed by atoms with Crippen LogP contribution in [0.4, 0.5) is 0 Å². The van der Waals surface area contributed by atoms with Crippen molar-refractivity contribution in [2.45, 2.75) is 18.6 Å². The molecule has 0 heterocycles. The molecule has 0 fully saturated rings. The highest BCUT2D eigenvalue weighted by molar-refractivity contribution is 5.72. The Hall–Kier alpha value is -1.43. The van der Waals surface area contributed by atoms with Crippen molar-refractivity contribution in [3.63, 3.8) is 0 Å². The molecule has 0 saturated carbocycles. The van der Waals surface area contributed by atoms with Gasteiger partial charge in [0.05, 0.1) is 19.6 Å². The SMILES string of the molecule is CNCC(O)C(O)c1cccc(CC(=O)OC)c1. The average Bonchev–Trinajstić information content (AvgIpc) is 2.38. The Morgan fingerprint density at radius 2 is 2.17 bits per heavy atom. The lowest BCUT2D eigenvalue weighted by Gasteiger charge is -2.18. The van der Waals surface area contributed by atoms with Crippen LogP contribution in [-0.4, -0.2) is 43.0 Å². The number of benzene rings is 1. The quantitative estimate of drug-likeness (QED) is 0.623. The van der Waals surface area contributed by atoms with Crippen LogP contribution >= 0.6 is 0 Å². The molecular formula is C13H19NO4. The lowest BCUT2D eigenvalue weighted by Crippen LogP contribution is -2.29. The minimum Gasteiger partial charge on any atom is -0.469 e. The molecule has 100 valence electrons. The molecule has 1 aromatic carbocycles. The predicted octanol–water partition coefficient (Wildman–Crippen LogP) is 0.0158. The van der Waals surface area contributed by atoms with Gasteiger partial charge in [0.15, 0.2) is 0 Å². The molecule has 1 aromatic rings. The lowest BCUT2D eigenvalue weighted by atomic mass is 10.0. The van der Waals surface area contributed by atoms with Crippen LogP contribution < -0.4 is 5.32 Å². The highest BCUT2D eigenvalue weighted by atomic mass is 16.5. The van der Waals surface area contributed by atoms with Gasteiger partial charge in [-0.05, 0) is 18.2 Å². The van der Waals surface area contributed by atoms with E-state index in [4.69, 9.17) is 0 Å². The number of aliphatic hydroxyl groups excluding tert-OH is 2. The van der Waals surface area contributed by atoms with Crippen molar-refractivity contribution in [2.24, 2.45) is 0 Å². The van der Waals surface area contributed by atoms with Crippen LogP contribution in [-0.2, 0) is 16.0 Å². The Kier molecular flexibility index (Phi) is 5.77. The van der Waals surface area contributed by atoms with Crippen LogP contribution in [0.3, 0.4) is 0 Å². The van der Waals surface area contributed by atoms with Crippen molar-refractivity contribution >= 4 is 5.97 Å². The number of carbonyl (C=O) groups excluding carboxylic acids is 1. The van der Waals surface area contributed by atoms with Crippen LogP contribution in [0.1, 0.15) is 17.2 Å². The van der Waals surface area contributed by atoms with E-state index in [9.17, 15) is 15.0 Å². The first-order valence-corrected chi connectivity index (χ1v) is 5.75. The zero-order chi connectivity index (χ0) is 13.5. The van der Waals surface area contributed by atoms with Crippen molar-refractivity contribution in [2.75, 3.05) is 20.7 Å². The second-order valence-electron chi connectivity index (χ2n) is 4.07. The summed E-state index contributed by atoms with van der Waals surface area (Å²) in [6.07, 6.45) is -1.71. The van der Waals surface area contributed by atoms with Gasteiger partial charge in [-0.1, -0.05) is 24.3 Å². The summed E-state index contributed by atoms with van der Waals surface area (Å²) in [5.41, 5.74) is 1.33. The first-order chi connectivity index (χ1) is 8.58. The van der Waals surface area contributed by atoms with Crippen molar-refractivity contribution in [1.29, 1.82) is 0 Å². The summed E-state index contributed by atoms with van der Waals surface area (Å²) in [7, 11) is 3.03. The maximum Gasteiger partial charge on any atom is 0.309 e. The van der Waals surface area contributed by atoms with E-state index in [1.807, 2.05) is 0 Å². The van der Waals surface area contributed by atoms with Gasteiger partial charge >= 0.3 is 5.97 Å². The van der Waals surface area contributed by atoms with E-state index >= 15 is 0 Å². The van der Waals surface area contributed by atoms with Gasteiger partial charge in [-0.2, -0.15) is 0 Å². The number of ether oxygens (including phenoxy) is 1. The fraction of sp³-hybridized carbons (Fsp3) is 0.462. The smallest absolute Gasteiger partial charge is 0.309 e. The molecule has 3 N–H and O–H groups in total. The summed E-state index contributed by atoms with van der Waals surface area (Å²) >= 11 is 0. The van der Waals surface area contributed by atoms with Crippen molar-refractivity contribution < 1.29 is 19.7 Å². The lowest BCUT2D eigenvalue weighted by molar-refractivity contribution is -0.139. The van der Waals surface area contributed by atoms with Gasteiger partial charge in [0.1, 0.15) is 6.10 Å². The van der Waals surface area contributed by atoms with Gasteiger partial charge in [-0.3, -0.25) is 4.79 Å². The fourth-order valence-electron chi connectivity index (χ4n) is 1.67. The van der Waals surface area contributed by atoms with Crippen molar-refractivity contribution in [3.8, 4) is 0 Å². The predicted molar refractivity (Wildman–Crippen MR) is 67.1 cm³/mol. The van der Waals surface area contributed by atoms with Gasteiger partial charge in [0.25, 0.3) is 0 Å². The summed E-state index contributed by atoms with van der Waals surface area (Å²) in [5, 5.41) is 22.4. The van der Waals surface area contributed by atoms with Gasteiger partial charge in [-0.25, -0.2) is 0 Å². The van der Waals surface area contributed by atoms with Crippen LogP contribution in [0.15, 0.2) is 24.3 Å². The summed E-state index contributed by atoms with van der Waals surface area (Å²) in [4.78, 5) is 11.2. The third-order valence-corrected chi connectivity index (χ3v) is 2.65.